The second kappa shape index (κ2) is 6.65. The highest BCUT2D eigenvalue weighted by atomic mass is 16.1. The number of hydrogen-bond donors (Lipinski definition) is 0. The fraction of sp³-hybridized carbons (Fsp3) is 0.500. The minimum absolute atomic E-state index is 0.719. The van der Waals surface area contributed by atoms with Gasteiger partial charge in [0.2, 0.25) is 6.41 Å². The molecule has 0 aliphatic heterocycles. The van der Waals surface area contributed by atoms with Gasteiger partial charge >= 0.3 is 0 Å². The standard InChI is InChI=1S/C10H17NO/c1-4-7-8-10(5-2)11(6-3)9-12/h5,7-9H,4,6H2,1-3H3/b8-7-,10-5+. The van der Waals surface area contributed by atoms with Gasteiger partial charge in [0.25, 0.3) is 0 Å². The Morgan fingerprint density at radius 2 is 2.08 bits per heavy atom. The number of allylic oxidation sites excluding steroid dienone is 3. The van der Waals surface area contributed by atoms with Crippen LogP contribution in [0.1, 0.15) is 27.2 Å². The lowest BCUT2D eigenvalue weighted by Gasteiger charge is -2.15. The van der Waals surface area contributed by atoms with E-state index in [-0.39, 0.29) is 0 Å². The predicted octanol–water partition coefficient (Wildman–Crippen LogP) is 2.33. The number of likely N-dealkylation sites (N-methyl/N-ethyl adjacent to an activating group) is 1. The Bertz CT molecular complexity index is 180. The SMILES string of the molecule is C/C=C(\C=C/CC)N(C=O)CC. The Kier molecular flexibility index (Phi) is 6.07. The Balaban J connectivity index is 4.33. The normalized spacial score (nSPS) is 12.1. The summed E-state index contributed by atoms with van der Waals surface area (Å²) in [5.74, 6) is 0. The lowest BCUT2D eigenvalue weighted by Crippen LogP contribution is -2.19. The van der Waals surface area contributed by atoms with Crippen molar-refractivity contribution in [2.45, 2.75) is 27.2 Å². The molecule has 0 aliphatic rings. The zero-order valence-corrected chi connectivity index (χ0v) is 8.08. The van der Waals surface area contributed by atoms with E-state index in [9.17, 15) is 4.79 Å². The van der Waals surface area contributed by atoms with E-state index < -0.39 is 0 Å². The molecule has 12 heavy (non-hydrogen) atoms. The van der Waals surface area contributed by atoms with Crippen molar-refractivity contribution in [3.05, 3.63) is 23.9 Å². The van der Waals surface area contributed by atoms with E-state index in [4.69, 9.17) is 0 Å². The number of carbonyl (C=O) groups excluding carboxylic acids is 1. The average Bonchev–Trinajstić information content (AvgIpc) is 2.12. The molecule has 0 fully saturated rings. The molecule has 1 amide bonds. The number of nitrogens with zero attached hydrogens (tertiary/aromatic N) is 1. The van der Waals surface area contributed by atoms with Gasteiger partial charge in [0.15, 0.2) is 0 Å². The van der Waals surface area contributed by atoms with Crippen LogP contribution in [-0.2, 0) is 4.79 Å². The van der Waals surface area contributed by atoms with Gasteiger partial charge in [-0.2, -0.15) is 0 Å². The molecule has 2 nitrogen and oxygen atoms in total. The fourth-order valence-corrected chi connectivity index (χ4v) is 0.914. The zero-order chi connectivity index (χ0) is 9.40. The second-order valence-corrected chi connectivity index (χ2v) is 2.42. The van der Waals surface area contributed by atoms with E-state index in [1.165, 1.54) is 0 Å². The molecule has 68 valence electrons. The van der Waals surface area contributed by atoms with Crippen LogP contribution < -0.4 is 0 Å². The van der Waals surface area contributed by atoms with Crippen molar-refractivity contribution in [3.8, 4) is 0 Å². The fourth-order valence-electron chi connectivity index (χ4n) is 0.914. The largest absolute Gasteiger partial charge is 0.316 e. The number of amides is 1. The van der Waals surface area contributed by atoms with Crippen molar-refractivity contribution in [2.24, 2.45) is 0 Å². The minimum Gasteiger partial charge on any atom is -0.316 e. The molecule has 0 radical (unpaired) electrons. The number of carbonyl (C=O) groups is 1. The number of rotatable bonds is 5. The molecule has 0 aromatic carbocycles. The summed E-state index contributed by atoms with van der Waals surface area (Å²) in [6.45, 7) is 6.68. The Hall–Kier alpha value is -1.05. The molecule has 2 heteroatoms. The van der Waals surface area contributed by atoms with Gasteiger partial charge in [-0.15, -0.1) is 0 Å². The van der Waals surface area contributed by atoms with E-state index in [1.54, 1.807) is 4.90 Å². The summed E-state index contributed by atoms with van der Waals surface area (Å²) in [7, 11) is 0. The van der Waals surface area contributed by atoms with Crippen LogP contribution in [0.15, 0.2) is 23.9 Å². The summed E-state index contributed by atoms with van der Waals surface area (Å²) >= 11 is 0. The van der Waals surface area contributed by atoms with E-state index >= 15 is 0 Å². The van der Waals surface area contributed by atoms with Crippen LogP contribution in [0, 0.1) is 0 Å². The van der Waals surface area contributed by atoms with Crippen LogP contribution in [0.5, 0.6) is 0 Å². The minimum atomic E-state index is 0.719. The molecule has 0 spiro atoms. The average molecular weight is 167 g/mol. The zero-order valence-electron chi connectivity index (χ0n) is 8.08. The van der Waals surface area contributed by atoms with Crippen molar-refractivity contribution < 1.29 is 4.79 Å². The number of hydrogen-bond acceptors (Lipinski definition) is 1. The summed E-state index contributed by atoms with van der Waals surface area (Å²) < 4.78 is 0. The van der Waals surface area contributed by atoms with Gasteiger partial charge < -0.3 is 4.90 Å². The van der Waals surface area contributed by atoms with Crippen LogP contribution in [0.3, 0.4) is 0 Å². The highest BCUT2D eigenvalue weighted by Gasteiger charge is 1.99. The molecule has 0 bridgehead atoms. The second-order valence-electron chi connectivity index (χ2n) is 2.42. The van der Waals surface area contributed by atoms with Crippen molar-refractivity contribution >= 4 is 6.41 Å². The Labute approximate surface area is 74.6 Å². The van der Waals surface area contributed by atoms with Gasteiger partial charge in [0, 0.05) is 12.2 Å². The smallest absolute Gasteiger partial charge is 0.214 e. The molecule has 0 N–H and O–H groups in total. The molecule has 0 atom stereocenters. The van der Waals surface area contributed by atoms with Gasteiger partial charge in [-0.3, -0.25) is 4.79 Å². The van der Waals surface area contributed by atoms with E-state index in [2.05, 4.69) is 6.92 Å². The van der Waals surface area contributed by atoms with E-state index in [0.29, 0.717) is 0 Å². The lowest BCUT2D eigenvalue weighted by atomic mass is 10.3. The molecule has 0 heterocycles. The molecule has 0 saturated carbocycles. The highest BCUT2D eigenvalue weighted by Crippen LogP contribution is 2.03. The topological polar surface area (TPSA) is 20.3 Å². The first-order chi connectivity index (χ1) is 5.79. The van der Waals surface area contributed by atoms with Crippen LogP contribution in [0.25, 0.3) is 0 Å². The Morgan fingerprint density at radius 1 is 1.42 bits per heavy atom. The predicted molar refractivity (Wildman–Crippen MR) is 51.6 cm³/mol. The van der Waals surface area contributed by atoms with Crippen LogP contribution >= 0.6 is 0 Å². The van der Waals surface area contributed by atoms with Gasteiger partial charge in [0.05, 0.1) is 0 Å². The van der Waals surface area contributed by atoms with E-state index in [1.807, 2.05) is 32.1 Å². The van der Waals surface area contributed by atoms with Crippen molar-refractivity contribution in [2.75, 3.05) is 6.54 Å². The summed E-state index contributed by atoms with van der Waals surface area (Å²) in [6, 6.07) is 0. The first kappa shape index (κ1) is 11.0. The maximum Gasteiger partial charge on any atom is 0.214 e. The molecule has 0 saturated heterocycles. The Morgan fingerprint density at radius 3 is 2.42 bits per heavy atom. The third-order valence-electron chi connectivity index (χ3n) is 1.62. The monoisotopic (exact) mass is 167 g/mol. The third kappa shape index (κ3) is 3.37. The maximum atomic E-state index is 10.6. The quantitative estimate of drug-likeness (QED) is 0.454. The van der Waals surface area contributed by atoms with Gasteiger partial charge in [0.1, 0.15) is 0 Å². The van der Waals surface area contributed by atoms with Crippen LogP contribution in [0.4, 0.5) is 0 Å². The molecule has 0 aromatic rings. The third-order valence-corrected chi connectivity index (χ3v) is 1.62. The summed E-state index contributed by atoms with van der Waals surface area (Å²) in [6.07, 6.45) is 7.80. The summed E-state index contributed by atoms with van der Waals surface area (Å²) in [5.41, 5.74) is 0.967. The molecular formula is C10H17NO. The van der Waals surface area contributed by atoms with Crippen molar-refractivity contribution in [1.82, 2.24) is 4.90 Å². The summed E-state index contributed by atoms with van der Waals surface area (Å²) in [5, 5.41) is 0. The molecule has 0 unspecified atom stereocenters. The summed E-state index contributed by atoms with van der Waals surface area (Å²) in [4.78, 5) is 12.2. The molecule has 0 aromatic heterocycles. The van der Waals surface area contributed by atoms with Crippen molar-refractivity contribution in [3.63, 3.8) is 0 Å². The molecule has 0 rings (SSSR count). The van der Waals surface area contributed by atoms with Gasteiger partial charge in [-0.05, 0) is 26.3 Å². The van der Waals surface area contributed by atoms with Gasteiger partial charge in [-0.1, -0.05) is 19.1 Å². The maximum absolute atomic E-state index is 10.6. The first-order valence-corrected chi connectivity index (χ1v) is 4.34. The van der Waals surface area contributed by atoms with Crippen LogP contribution in [-0.4, -0.2) is 17.9 Å². The van der Waals surface area contributed by atoms with Gasteiger partial charge in [-0.25, -0.2) is 0 Å². The molecule has 0 aliphatic carbocycles. The first-order valence-electron chi connectivity index (χ1n) is 4.34. The molecular weight excluding hydrogens is 150 g/mol. The van der Waals surface area contributed by atoms with Crippen molar-refractivity contribution in [1.29, 1.82) is 0 Å². The van der Waals surface area contributed by atoms with Crippen LogP contribution in [0.2, 0.25) is 0 Å². The lowest BCUT2D eigenvalue weighted by molar-refractivity contribution is -0.116. The highest BCUT2D eigenvalue weighted by molar-refractivity contribution is 5.52. The van der Waals surface area contributed by atoms with E-state index in [0.717, 1.165) is 25.1 Å².